The minimum Gasteiger partial charge on any atom is -0.487 e. The Bertz CT molecular complexity index is 806. The van der Waals surface area contributed by atoms with Crippen molar-refractivity contribution in [2.24, 2.45) is 5.73 Å². The Morgan fingerprint density at radius 3 is 2.44 bits per heavy atom. The molecule has 2 rings (SSSR count). The molecule has 7 heteroatoms. The first-order valence-corrected chi connectivity index (χ1v) is 9.25. The van der Waals surface area contributed by atoms with Gasteiger partial charge in [0, 0.05) is 12.6 Å². The molecule has 0 spiro atoms. The molecule has 0 aromatic heterocycles. The molecule has 0 unspecified atom stereocenters. The minimum atomic E-state index is -3.67. The van der Waals surface area contributed by atoms with Gasteiger partial charge in [0.15, 0.2) is 0 Å². The average Bonchev–Trinajstić information content (AvgIpc) is 2.61. The summed E-state index contributed by atoms with van der Waals surface area (Å²) >= 11 is 0. The van der Waals surface area contributed by atoms with Gasteiger partial charge in [0.25, 0.3) is 0 Å². The lowest BCUT2D eigenvalue weighted by molar-refractivity contribution is 0.318. The molecule has 0 bridgehead atoms. The third-order valence-corrected chi connectivity index (χ3v) is 5.04. The van der Waals surface area contributed by atoms with Crippen molar-refractivity contribution in [1.82, 2.24) is 4.72 Å². The molecule has 0 radical (unpaired) electrons. The summed E-state index contributed by atoms with van der Waals surface area (Å²) in [6.45, 7) is 1.63. The van der Waals surface area contributed by atoms with Crippen LogP contribution in [0.2, 0.25) is 0 Å². The molecule has 0 saturated heterocycles. The van der Waals surface area contributed by atoms with E-state index < -0.39 is 15.9 Å². The van der Waals surface area contributed by atoms with Gasteiger partial charge in [-0.05, 0) is 42.8 Å². The monoisotopic (exact) mass is 364 g/mol. The molecule has 0 amide bonds. The molecule has 2 aromatic carbocycles. The van der Waals surface area contributed by atoms with Crippen LogP contribution in [0.4, 0.5) is 4.39 Å². The molecule has 25 heavy (non-hydrogen) atoms. The highest BCUT2D eigenvalue weighted by Crippen LogP contribution is 2.19. The van der Waals surface area contributed by atoms with E-state index in [2.05, 4.69) is 4.72 Å². The van der Waals surface area contributed by atoms with Crippen molar-refractivity contribution in [3.63, 3.8) is 0 Å². The van der Waals surface area contributed by atoms with Crippen molar-refractivity contribution in [1.29, 1.82) is 0 Å². The first-order valence-electron chi connectivity index (χ1n) is 7.77. The molecule has 0 aliphatic rings. The van der Waals surface area contributed by atoms with Crippen molar-refractivity contribution >= 4 is 10.0 Å². The van der Waals surface area contributed by atoms with Gasteiger partial charge in [0.05, 0.1) is 4.90 Å². The molecule has 3 N–H and O–H groups in total. The maximum atomic E-state index is 13.2. The van der Waals surface area contributed by atoms with Crippen molar-refractivity contribution in [2.75, 3.05) is 13.2 Å². The van der Waals surface area contributed by atoms with Crippen LogP contribution in [0.3, 0.4) is 0 Å². The fraction of sp³-hybridized carbons (Fsp3) is 0.222. The van der Waals surface area contributed by atoms with Gasteiger partial charge in [0.2, 0.25) is 10.0 Å². The minimum absolute atomic E-state index is 0.0949. The molecule has 2 aromatic rings. The predicted molar refractivity (Wildman–Crippen MR) is 95.4 cm³/mol. The number of hydrogen-bond donors (Lipinski definition) is 2. The van der Waals surface area contributed by atoms with Crippen molar-refractivity contribution < 1.29 is 17.5 Å². The van der Waals surface area contributed by atoms with Gasteiger partial charge < -0.3 is 10.5 Å². The summed E-state index contributed by atoms with van der Waals surface area (Å²) in [5.41, 5.74) is 6.07. The van der Waals surface area contributed by atoms with E-state index in [0.29, 0.717) is 5.75 Å². The molecule has 0 saturated carbocycles. The third-order valence-electron chi connectivity index (χ3n) is 3.48. The van der Waals surface area contributed by atoms with Crippen molar-refractivity contribution in [2.45, 2.75) is 17.9 Å². The molecule has 0 aliphatic carbocycles. The normalized spacial score (nSPS) is 13.5. The van der Waals surface area contributed by atoms with E-state index in [1.165, 1.54) is 30.3 Å². The topological polar surface area (TPSA) is 81.4 Å². The first-order chi connectivity index (χ1) is 11.9. The summed E-state index contributed by atoms with van der Waals surface area (Å²) in [4.78, 5) is 0.112. The van der Waals surface area contributed by atoms with Crippen molar-refractivity contribution in [3.8, 4) is 5.75 Å². The lowest BCUT2D eigenvalue weighted by Crippen LogP contribution is -2.26. The van der Waals surface area contributed by atoms with E-state index in [0.717, 1.165) is 5.56 Å². The van der Waals surface area contributed by atoms with E-state index >= 15 is 0 Å². The Labute approximate surface area is 147 Å². The van der Waals surface area contributed by atoms with Crippen LogP contribution in [0.15, 0.2) is 71.4 Å². The van der Waals surface area contributed by atoms with Gasteiger partial charge in [-0.2, -0.15) is 0 Å². The Morgan fingerprint density at radius 1 is 1.20 bits per heavy atom. The summed E-state index contributed by atoms with van der Waals surface area (Å²) < 4.78 is 45.9. The zero-order valence-corrected chi connectivity index (χ0v) is 14.7. The Hall–Kier alpha value is -2.22. The van der Waals surface area contributed by atoms with Gasteiger partial charge in [-0.1, -0.05) is 30.3 Å². The maximum Gasteiger partial charge on any atom is 0.241 e. The van der Waals surface area contributed by atoms with Crippen LogP contribution in [0.25, 0.3) is 0 Å². The molecular formula is C18H21FN2O3S. The van der Waals surface area contributed by atoms with Gasteiger partial charge in [-0.25, -0.2) is 17.5 Å². The van der Waals surface area contributed by atoms with Crippen molar-refractivity contribution in [3.05, 3.63) is 72.1 Å². The molecule has 134 valence electrons. The number of sulfonamides is 1. The molecule has 1 atom stereocenters. The van der Waals surface area contributed by atoms with Crippen LogP contribution < -0.4 is 15.2 Å². The lowest BCUT2D eigenvalue weighted by Gasteiger charge is -2.15. The van der Waals surface area contributed by atoms with E-state index in [-0.39, 0.29) is 24.1 Å². The van der Waals surface area contributed by atoms with Gasteiger partial charge in [-0.15, -0.1) is 0 Å². The second-order valence-electron chi connectivity index (χ2n) is 5.40. The van der Waals surface area contributed by atoms with Crippen LogP contribution in [-0.4, -0.2) is 21.6 Å². The first kappa shape index (κ1) is 19.1. The fourth-order valence-electron chi connectivity index (χ4n) is 2.16. The summed E-state index contributed by atoms with van der Waals surface area (Å²) in [7, 11) is -3.67. The van der Waals surface area contributed by atoms with Gasteiger partial charge in [0.1, 0.15) is 18.2 Å². The molecule has 0 fully saturated rings. The molecular weight excluding hydrogens is 343 g/mol. The van der Waals surface area contributed by atoms with Crippen LogP contribution in [0.5, 0.6) is 5.75 Å². The quantitative estimate of drug-likeness (QED) is 0.755. The number of nitrogens with two attached hydrogens (primary N) is 1. The summed E-state index contributed by atoms with van der Waals surface area (Å²) in [6.07, 6.45) is 1.22. The highest BCUT2D eigenvalue weighted by molar-refractivity contribution is 7.89. The second kappa shape index (κ2) is 8.75. The van der Waals surface area contributed by atoms with E-state index in [1.807, 2.05) is 30.3 Å². The third kappa shape index (κ3) is 5.67. The number of benzene rings is 2. The number of halogens is 1. The Balaban J connectivity index is 2.03. The van der Waals surface area contributed by atoms with Crippen LogP contribution in [0, 0.1) is 0 Å². The van der Waals surface area contributed by atoms with Crippen LogP contribution in [0.1, 0.15) is 18.5 Å². The van der Waals surface area contributed by atoms with Gasteiger partial charge >= 0.3 is 0 Å². The summed E-state index contributed by atoms with van der Waals surface area (Å²) in [5, 5.41) is 0. The zero-order valence-electron chi connectivity index (χ0n) is 13.9. The standard InChI is InChI=1S/C18H21FN2O3S/c1-14(15-5-3-2-4-6-15)21-25(22,23)18-9-7-17(8-10-18)24-13-16(19)11-12-20/h2-11,14,21H,12-13,20H2,1H3/b16-11-/t14-/m0/s1. The smallest absolute Gasteiger partial charge is 0.241 e. The van der Waals surface area contributed by atoms with E-state index in [1.54, 1.807) is 6.92 Å². The highest BCUT2D eigenvalue weighted by Gasteiger charge is 2.18. The Morgan fingerprint density at radius 2 is 1.84 bits per heavy atom. The van der Waals surface area contributed by atoms with Gasteiger partial charge in [-0.3, -0.25) is 0 Å². The largest absolute Gasteiger partial charge is 0.487 e. The number of hydrogen-bond acceptors (Lipinski definition) is 4. The zero-order chi connectivity index (χ0) is 18.3. The van der Waals surface area contributed by atoms with Crippen LogP contribution >= 0.6 is 0 Å². The van der Waals surface area contributed by atoms with E-state index in [9.17, 15) is 12.8 Å². The summed E-state index contributed by atoms with van der Waals surface area (Å²) in [6, 6.07) is 14.7. The summed E-state index contributed by atoms with van der Waals surface area (Å²) in [5.74, 6) is -0.104. The molecule has 0 aliphatic heterocycles. The number of ether oxygens (including phenoxy) is 1. The molecule has 5 nitrogen and oxygen atoms in total. The second-order valence-corrected chi connectivity index (χ2v) is 7.11. The fourth-order valence-corrected chi connectivity index (χ4v) is 3.40. The SMILES string of the molecule is C[C@H](NS(=O)(=O)c1ccc(OC/C(F)=C/CN)cc1)c1ccccc1. The van der Waals surface area contributed by atoms with Crippen LogP contribution in [-0.2, 0) is 10.0 Å². The average molecular weight is 364 g/mol. The van der Waals surface area contributed by atoms with E-state index in [4.69, 9.17) is 10.5 Å². The lowest BCUT2D eigenvalue weighted by atomic mass is 10.1. The maximum absolute atomic E-state index is 13.2. The Kier molecular flexibility index (Phi) is 6.69. The highest BCUT2D eigenvalue weighted by atomic mass is 32.2. The predicted octanol–water partition coefficient (Wildman–Crippen LogP) is 2.92. The molecule has 0 heterocycles. The number of nitrogens with one attached hydrogen (secondary N) is 1. The number of rotatable bonds is 8.